The van der Waals surface area contributed by atoms with Crippen molar-refractivity contribution < 1.29 is 0 Å². The second-order valence-corrected chi connectivity index (χ2v) is 5.01. The molecule has 0 fully saturated rings. The Morgan fingerprint density at radius 3 is 2.61 bits per heavy atom. The fourth-order valence-electron chi connectivity index (χ4n) is 2.08. The zero-order valence-corrected chi connectivity index (χ0v) is 12.2. The van der Waals surface area contributed by atoms with Gasteiger partial charge in [-0.1, -0.05) is 35.5 Å². The van der Waals surface area contributed by atoms with Crippen LogP contribution in [0, 0.1) is 0 Å². The Hall–Kier alpha value is -1.20. The molecule has 1 N–H and O–H groups in total. The molecule has 2 aromatic rings. The van der Waals surface area contributed by atoms with E-state index >= 15 is 0 Å². The number of halogens is 1. The smallest absolute Gasteiger partial charge is 0.153 e. The van der Waals surface area contributed by atoms with Crippen LogP contribution in [-0.2, 0) is 13.5 Å². The molecule has 2 rings (SSSR count). The standard InChI is InChI=1S/C13H17BrN4/c1-15-11(12-13(14)16-17-18(12)2)9-8-10-6-4-3-5-7-10/h3-7,11,15H,8-9H2,1-2H3. The molecule has 1 unspecified atom stereocenters. The number of rotatable bonds is 5. The molecule has 0 amide bonds. The zero-order valence-electron chi connectivity index (χ0n) is 10.6. The van der Waals surface area contributed by atoms with E-state index in [9.17, 15) is 0 Å². The Morgan fingerprint density at radius 1 is 1.33 bits per heavy atom. The average Bonchev–Trinajstić information content (AvgIpc) is 2.73. The number of aromatic nitrogens is 3. The lowest BCUT2D eigenvalue weighted by Gasteiger charge is -2.16. The molecule has 0 saturated carbocycles. The predicted octanol–water partition coefficient (Wildman–Crippen LogP) is 2.47. The second-order valence-electron chi connectivity index (χ2n) is 4.25. The largest absolute Gasteiger partial charge is 0.312 e. The molecule has 0 saturated heterocycles. The molecule has 0 aliphatic carbocycles. The third-order valence-corrected chi connectivity index (χ3v) is 3.63. The van der Waals surface area contributed by atoms with Crippen LogP contribution >= 0.6 is 15.9 Å². The first-order chi connectivity index (χ1) is 8.72. The maximum atomic E-state index is 4.03. The summed E-state index contributed by atoms with van der Waals surface area (Å²) in [7, 11) is 3.88. The molecule has 1 aromatic carbocycles. The highest BCUT2D eigenvalue weighted by Crippen LogP contribution is 2.24. The normalized spacial score (nSPS) is 12.6. The van der Waals surface area contributed by atoms with Gasteiger partial charge in [-0.2, -0.15) is 0 Å². The number of hydrogen-bond donors (Lipinski definition) is 1. The first-order valence-corrected chi connectivity index (χ1v) is 6.78. The lowest BCUT2D eigenvalue weighted by atomic mass is 10.0. The van der Waals surface area contributed by atoms with E-state index in [4.69, 9.17) is 0 Å². The van der Waals surface area contributed by atoms with Gasteiger partial charge in [-0.05, 0) is 41.4 Å². The summed E-state index contributed by atoms with van der Waals surface area (Å²) >= 11 is 3.45. The first kappa shape index (κ1) is 13.2. The van der Waals surface area contributed by atoms with Crippen molar-refractivity contribution in [2.24, 2.45) is 7.05 Å². The third kappa shape index (κ3) is 2.97. The molecule has 1 aromatic heterocycles. The van der Waals surface area contributed by atoms with Crippen LogP contribution in [0.4, 0.5) is 0 Å². The maximum Gasteiger partial charge on any atom is 0.153 e. The molecular formula is C13H17BrN4. The summed E-state index contributed by atoms with van der Waals surface area (Å²) in [6.45, 7) is 0. The average molecular weight is 309 g/mol. The Morgan fingerprint density at radius 2 is 2.06 bits per heavy atom. The van der Waals surface area contributed by atoms with Gasteiger partial charge in [0.1, 0.15) is 0 Å². The molecule has 1 heterocycles. The van der Waals surface area contributed by atoms with Gasteiger partial charge in [0.25, 0.3) is 0 Å². The number of nitrogens with one attached hydrogen (secondary N) is 1. The van der Waals surface area contributed by atoms with Crippen LogP contribution in [0.15, 0.2) is 34.9 Å². The van der Waals surface area contributed by atoms with Gasteiger partial charge in [0.2, 0.25) is 0 Å². The highest BCUT2D eigenvalue weighted by Gasteiger charge is 2.18. The molecule has 0 aliphatic rings. The fourth-order valence-corrected chi connectivity index (χ4v) is 2.69. The molecule has 0 aliphatic heterocycles. The third-order valence-electron chi connectivity index (χ3n) is 3.07. The van der Waals surface area contributed by atoms with Gasteiger partial charge < -0.3 is 5.32 Å². The Balaban J connectivity index is 2.07. The van der Waals surface area contributed by atoms with Crippen molar-refractivity contribution in [3.05, 3.63) is 46.2 Å². The van der Waals surface area contributed by atoms with Crippen LogP contribution in [0.25, 0.3) is 0 Å². The zero-order chi connectivity index (χ0) is 13.0. The summed E-state index contributed by atoms with van der Waals surface area (Å²) in [5, 5.41) is 11.4. The monoisotopic (exact) mass is 308 g/mol. The molecule has 1 atom stereocenters. The highest BCUT2D eigenvalue weighted by molar-refractivity contribution is 9.10. The van der Waals surface area contributed by atoms with E-state index in [-0.39, 0.29) is 6.04 Å². The minimum Gasteiger partial charge on any atom is -0.312 e. The summed E-state index contributed by atoms with van der Waals surface area (Å²) in [6, 6.07) is 10.8. The van der Waals surface area contributed by atoms with Crippen molar-refractivity contribution >= 4 is 15.9 Å². The number of benzene rings is 1. The summed E-state index contributed by atoms with van der Waals surface area (Å²) in [5.41, 5.74) is 2.44. The van der Waals surface area contributed by atoms with Crippen LogP contribution in [0.5, 0.6) is 0 Å². The van der Waals surface area contributed by atoms with Crippen molar-refractivity contribution in [2.75, 3.05) is 7.05 Å². The number of nitrogens with zero attached hydrogens (tertiary/aromatic N) is 3. The molecule has 96 valence electrons. The molecule has 0 spiro atoms. The quantitative estimate of drug-likeness (QED) is 0.922. The number of aryl methyl sites for hydroxylation is 2. The van der Waals surface area contributed by atoms with Crippen LogP contribution < -0.4 is 5.32 Å². The van der Waals surface area contributed by atoms with Gasteiger partial charge in [-0.15, -0.1) is 5.10 Å². The van der Waals surface area contributed by atoms with Crippen molar-refractivity contribution in [2.45, 2.75) is 18.9 Å². The van der Waals surface area contributed by atoms with Crippen molar-refractivity contribution in [3.8, 4) is 0 Å². The SMILES string of the molecule is CNC(CCc1ccccc1)c1c(Br)nnn1C. The van der Waals surface area contributed by atoms with E-state index in [1.807, 2.05) is 24.8 Å². The molecule has 0 bridgehead atoms. The summed E-state index contributed by atoms with van der Waals surface area (Å²) < 4.78 is 2.63. The van der Waals surface area contributed by atoms with E-state index in [0.717, 1.165) is 23.1 Å². The van der Waals surface area contributed by atoms with Gasteiger partial charge in [-0.3, -0.25) is 0 Å². The van der Waals surface area contributed by atoms with Crippen LogP contribution in [0.2, 0.25) is 0 Å². The lowest BCUT2D eigenvalue weighted by molar-refractivity contribution is 0.503. The van der Waals surface area contributed by atoms with E-state index in [1.54, 1.807) is 0 Å². The van der Waals surface area contributed by atoms with Crippen LogP contribution in [0.3, 0.4) is 0 Å². The Bertz CT molecular complexity index is 475. The minimum atomic E-state index is 0.250. The van der Waals surface area contributed by atoms with E-state index < -0.39 is 0 Å². The topological polar surface area (TPSA) is 42.7 Å². The minimum absolute atomic E-state index is 0.250. The summed E-state index contributed by atoms with van der Waals surface area (Å²) in [6.07, 6.45) is 2.05. The summed E-state index contributed by atoms with van der Waals surface area (Å²) in [5.74, 6) is 0. The molecular weight excluding hydrogens is 292 g/mol. The fraction of sp³-hybridized carbons (Fsp3) is 0.385. The first-order valence-electron chi connectivity index (χ1n) is 5.98. The molecule has 18 heavy (non-hydrogen) atoms. The van der Waals surface area contributed by atoms with Gasteiger partial charge in [0, 0.05) is 7.05 Å². The molecule has 4 nitrogen and oxygen atoms in total. The van der Waals surface area contributed by atoms with Crippen molar-refractivity contribution in [3.63, 3.8) is 0 Å². The van der Waals surface area contributed by atoms with E-state index in [1.165, 1.54) is 5.56 Å². The van der Waals surface area contributed by atoms with Crippen LogP contribution in [-0.4, -0.2) is 22.0 Å². The van der Waals surface area contributed by atoms with Gasteiger partial charge in [0.05, 0.1) is 11.7 Å². The Labute approximate surface area is 116 Å². The highest BCUT2D eigenvalue weighted by atomic mass is 79.9. The van der Waals surface area contributed by atoms with Gasteiger partial charge >= 0.3 is 0 Å². The van der Waals surface area contributed by atoms with E-state index in [2.05, 4.69) is 55.8 Å². The number of hydrogen-bond acceptors (Lipinski definition) is 3. The molecule has 5 heteroatoms. The lowest BCUT2D eigenvalue weighted by Crippen LogP contribution is -2.20. The van der Waals surface area contributed by atoms with Gasteiger partial charge in [0.15, 0.2) is 4.60 Å². The van der Waals surface area contributed by atoms with Crippen molar-refractivity contribution in [1.82, 2.24) is 20.3 Å². The summed E-state index contributed by atoms with van der Waals surface area (Å²) in [4.78, 5) is 0. The second kappa shape index (κ2) is 6.11. The van der Waals surface area contributed by atoms with Crippen LogP contribution in [0.1, 0.15) is 23.7 Å². The molecule has 0 radical (unpaired) electrons. The van der Waals surface area contributed by atoms with Gasteiger partial charge in [-0.25, -0.2) is 4.68 Å². The van der Waals surface area contributed by atoms with E-state index in [0.29, 0.717) is 0 Å². The van der Waals surface area contributed by atoms with Crippen molar-refractivity contribution in [1.29, 1.82) is 0 Å². The predicted molar refractivity (Wildman–Crippen MR) is 75.3 cm³/mol. The Kier molecular flexibility index (Phi) is 4.49. The maximum absolute atomic E-state index is 4.03.